The Morgan fingerprint density at radius 3 is 2.36 bits per heavy atom. The molecule has 0 unspecified atom stereocenters. The maximum Gasteiger partial charge on any atom is 0.272 e. The molecule has 0 fully saturated rings. The van der Waals surface area contributed by atoms with Gasteiger partial charge in [0.15, 0.2) is 6.04 Å². The van der Waals surface area contributed by atoms with Gasteiger partial charge in [-0.15, -0.1) is 0 Å². The van der Waals surface area contributed by atoms with Crippen LogP contribution >= 0.6 is 0 Å². The number of hydrogen-bond acceptors (Lipinski definition) is 5. The molecule has 164 valence electrons. The molecule has 8 nitrogen and oxygen atoms in total. The zero-order valence-electron chi connectivity index (χ0n) is 17.2. The van der Waals surface area contributed by atoms with Gasteiger partial charge in [0.1, 0.15) is 11.5 Å². The molecule has 0 aliphatic heterocycles. The van der Waals surface area contributed by atoms with E-state index in [4.69, 9.17) is 0 Å². The molecule has 9 heteroatoms. The van der Waals surface area contributed by atoms with Crippen molar-refractivity contribution >= 4 is 28.8 Å². The molecule has 0 radical (unpaired) electrons. The van der Waals surface area contributed by atoms with Gasteiger partial charge in [0.25, 0.3) is 17.4 Å². The Balaban J connectivity index is 1.68. The third kappa shape index (κ3) is 4.82. The molecule has 1 atom stereocenters. The monoisotopic (exact) mass is 443 g/mol. The highest BCUT2D eigenvalue weighted by Crippen LogP contribution is 2.20. The summed E-state index contributed by atoms with van der Waals surface area (Å²) in [6, 6.07) is 19.6. The number of aromatic nitrogens is 2. The molecule has 33 heavy (non-hydrogen) atoms. The summed E-state index contributed by atoms with van der Waals surface area (Å²) in [6.45, 7) is 0. The first-order chi connectivity index (χ1) is 16.0. The number of rotatable bonds is 6. The second kappa shape index (κ2) is 9.65. The Kier molecular flexibility index (Phi) is 6.31. The van der Waals surface area contributed by atoms with E-state index in [2.05, 4.69) is 26.0 Å². The van der Waals surface area contributed by atoms with Crippen LogP contribution in [0.2, 0.25) is 0 Å². The molecule has 3 aromatic carbocycles. The van der Waals surface area contributed by atoms with Gasteiger partial charge in [-0.1, -0.05) is 54.6 Å². The summed E-state index contributed by atoms with van der Waals surface area (Å²) in [4.78, 5) is 38.0. The summed E-state index contributed by atoms with van der Waals surface area (Å²) < 4.78 is 13.8. The Hall–Kier alpha value is -4.66. The maximum atomic E-state index is 13.8. The highest BCUT2D eigenvalue weighted by molar-refractivity contribution is 5.99. The number of hydrogen-bond donors (Lipinski definition) is 3. The fourth-order valence-corrected chi connectivity index (χ4v) is 3.23. The standard InChI is InChI=1S/C24H18FN5O3/c25-19-13-7-4-10-16(19)14-26-29-24(33)21(27-22(31)15-8-2-1-3-9-15)20-17-11-5-6-12-18(17)23(32)30-28-20/h1-14,21H,(H,27,31)(H,29,33)(H,30,32)/b26-14-/t21-/m0/s1. The number of nitrogens with one attached hydrogen (secondary N) is 3. The lowest BCUT2D eigenvalue weighted by atomic mass is 10.0. The number of H-pyrrole nitrogens is 1. The van der Waals surface area contributed by atoms with E-state index >= 15 is 0 Å². The minimum Gasteiger partial charge on any atom is -0.335 e. The fraction of sp³-hybridized carbons (Fsp3) is 0.0417. The van der Waals surface area contributed by atoms with E-state index in [-0.39, 0.29) is 11.3 Å². The molecule has 1 heterocycles. The number of carbonyl (C=O) groups is 2. The fourth-order valence-electron chi connectivity index (χ4n) is 3.23. The molecule has 4 rings (SSSR count). The molecular formula is C24H18FN5O3. The number of halogens is 1. The molecule has 0 aliphatic carbocycles. The SMILES string of the molecule is O=C(N[C@H](C(=O)N/N=C\c1ccccc1F)c1n[nH]c(=O)c2ccccc12)c1ccccc1. The smallest absolute Gasteiger partial charge is 0.272 e. The second-order valence-electron chi connectivity index (χ2n) is 7.01. The highest BCUT2D eigenvalue weighted by Gasteiger charge is 2.27. The van der Waals surface area contributed by atoms with Gasteiger partial charge >= 0.3 is 0 Å². The zero-order chi connectivity index (χ0) is 23.2. The van der Waals surface area contributed by atoms with E-state index in [0.717, 1.165) is 6.21 Å². The number of nitrogens with zero attached hydrogens (tertiary/aromatic N) is 2. The first kappa shape index (κ1) is 21.6. The van der Waals surface area contributed by atoms with Gasteiger partial charge < -0.3 is 5.32 Å². The largest absolute Gasteiger partial charge is 0.335 e. The van der Waals surface area contributed by atoms with Gasteiger partial charge in [0, 0.05) is 16.5 Å². The number of fused-ring (bicyclic) bond motifs is 1. The van der Waals surface area contributed by atoms with Crippen LogP contribution < -0.4 is 16.3 Å². The molecule has 0 saturated heterocycles. The van der Waals surface area contributed by atoms with E-state index in [9.17, 15) is 18.8 Å². The lowest BCUT2D eigenvalue weighted by molar-refractivity contribution is -0.123. The van der Waals surface area contributed by atoms with Crippen LogP contribution in [0.1, 0.15) is 27.7 Å². The van der Waals surface area contributed by atoms with Gasteiger partial charge in [-0.3, -0.25) is 14.4 Å². The van der Waals surface area contributed by atoms with Crippen LogP contribution in [0.15, 0.2) is 88.8 Å². The van der Waals surface area contributed by atoms with Gasteiger partial charge in [0.2, 0.25) is 0 Å². The molecule has 0 spiro atoms. The maximum absolute atomic E-state index is 13.8. The molecule has 2 amide bonds. The number of amides is 2. The van der Waals surface area contributed by atoms with Crippen molar-refractivity contribution in [3.63, 3.8) is 0 Å². The van der Waals surface area contributed by atoms with Crippen molar-refractivity contribution in [2.45, 2.75) is 6.04 Å². The zero-order valence-corrected chi connectivity index (χ0v) is 17.2. The molecular weight excluding hydrogens is 425 g/mol. The number of aromatic amines is 1. The Bertz CT molecular complexity index is 1400. The Morgan fingerprint density at radius 1 is 0.939 bits per heavy atom. The summed E-state index contributed by atoms with van der Waals surface area (Å²) >= 11 is 0. The van der Waals surface area contributed by atoms with E-state index in [1.54, 1.807) is 60.7 Å². The lowest BCUT2D eigenvalue weighted by Crippen LogP contribution is -2.40. The molecule has 1 aromatic heterocycles. The highest BCUT2D eigenvalue weighted by atomic mass is 19.1. The summed E-state index contributed by atoms with van der Waals surface area (Å²) in [5.74, 6) is -1.75. The van der Waals surface area contributed by atoms with Crippen molar-refractivity contribution < 1.29 is 14.0 Å². The van der Waals surface area contributed by atoms with Crippen LogP contribution in [0.4, 0.5) is 4.39 Å². The quantitative estimate of drug-likeness (QED) is 0.314. The normalized spacial score (nSPS) is 11.9. The lowest BCUT2D eigenvalue weighted by Gasteiger charge is -2.18. The van der Waals surface area contributed by atoms with Gasteiger partial charge in [-0.25, -0.2) is 14.9 Å². The van der Waals surface area contributed by atoms with Crippen molar-refractivity contribution in [3.8, 4) is 0 Å². The van der Waals surface area contributed by atoms with Crippen LogP contribution in [0.3, 0.4) is 0 Å². The number of carbonyl (C=O) groups excluding carboxylic acids is 2. The third-order valence-electron chi connectivity index (χ3n) is 4.86. The minimum absolute atomic E-state index is 0.132. The first-order valence-corrected chi connectivity index (χ1v) is 9.95. The van der Waals surface area contributed by atoms with Crippen LogP contribution in [-0.4, -0.2) is 28.2 Å². The Labute approximate surface area is 187 Å². The van der Waals surface area contributed by atoms with Gasteiger partial charge in [0.05, 0.1) is 11.6 Å². The summed E-state index contributed by atoms with van der Waals surface area (Å²) in [5.41, 5.74) is 2.52. The van der Waals surface area contributed by atoms with E-state index in [1.165, 1.54) is 18.2 Å². The van der Waals surface area contributed by atoms with Crippen molar-refractivity contribution in [1.29, 1.82) is 0 Å². The van der Waals surface area contributed by atoms with E-state index < -0.39 is 29.2 Å². The molecule has 4 aromatic rings. The summed E-state index contributed by atoms with van der Waals surface area (Å²) in [5, 5.41) is 13.5. The topological polar surface area (TPSA) is 116 Å². The second-order valence-corrected chi connectivity index (χ2v) is 7.01. The molecule has 0 saturated carbocycles. The number of hydrazone groups is 1. The van der Waals surface area contributed by atoms with Crippen molar-refractivity contribution in [1.82, 2.24) is 20.9 Å². The first-order valence-electron chi connectivity index (χ1n) is 9.95. The Morgan fingerprint density at radius 2 is 1.61 bits per heavy atom. The molecule has 0 bridgehead atoms. The predicted molar refractivity (Wildman–Crippen MR) is 121 cm³/mol. The van der Waals surface area contributed by atoms with E-state index in [0.29, 0.717) is 16.3 Å². The van der Waals surface area contributed by atoms with Gasteiger partial charge in [-0.05, 0) is 24.3 Å². The van der Waals surface area contributed by atoms with Gasteiger partial charge in [-0.2, -0.15) is 10.2 Å². The van der Waals surface area contributed by atoms with Crippen LogP contribution in [0.5, 0.6) is 0 Å². The van der Waals surface area contributed by atoms with Crippen LogP contribution in [-0.2, 0) is 4.79 Å². The summed E-state index contributed by atoms with van der Waals surface area (Å²) in [6.07, 6.45) is 1.15. The summed E-state index contributed by atoms with van der Waals surface area (Å²) in [7, 11) is 0. The van der Waals surface area contributed by atoms with Crippen molar-refractivity contribution in [2.24, 2.45) is 5.10 Å². The van der Waals surface area contributed by atoms with Crippen LogP contribution in [0, 0.1) is 5.82 Å². The molecule has 3 N–H and O–H groups in total. The average Bonchev–Trinajstić information content (AvgIpc) is 2.85. The van der Waals surface area contributed by atoms with Crippen molar-refractivity contribution in [2.75, 3.05) is 0 Å². The van der Waals surface area contributed by atoms with Crippen LogP contribution in [0.25, 0.3) is 10.8 Å². The minimum atomic E-state index is -1.29. The molecule has 0 aliphatic rings. The predicted octanol–water partition coefficient (Wildman–Crippen LogP) is 2.68. The average molecular weight is 443 g/mol. The number of benzene rings is 3. The van der Waals surface area contributed by atoms with Crippen molar-refractivity contribution in [3.05, 3.63) is 112 Å². The van der Waals surface area contributed by atoms with E-state index in [1.807, 2.05) is 0 Å². The third-order valence-corrected chi connectivity index (χ3v) is 4.86.